The average Bonchev–Trinajstić information content (AvgIpc) is 2.97. The molecule has 2 aromatic rings. The lowest BCUT2D eigenvalue weighted by atomic mass is 9.87. The minimum absolute atomic E-state index is 0.00427. The van der Waals surface area contributed by atoms with E-state index in [-0.39, 0.29) is 23.4 Å². The van der Waals surface area contributed by atoms with Gasteiger partial charge >= 0.3 is 0 Å². The Morgan fingerprint density at radius 1 is 1.23 bits per heavy atom. The summed E-state index contributed by atoms with van der Waals surface area (Å²) in [5.41, 5.74) is 5.53. The quantitative estimate of drug-likeness (QED) is 0.404. The standard InChI is InChI=1S/C27H36N6O2/c1-17(2)25-28-15-19-14-24(30-21-9-7-20(8-10-21)27(4,5)6)32(12-11-23(19)31-25)26-18(3)13-22(16-29-26)33(34)35/h7-13,16-17,24-25,28,30-31H,14-15H2,1-6H3. The van der Waals surface area contributed by atoms with Crippen LogP contribution in [0.1, 0.15) is 52.2 Å². The van der Waals surface area contributed by atoms with Gasteiger partial charge in [-0.2, -0.15) is 0 Å². The van der Waals surface area contributed by atoms with Crippen LogP contribution < -0.4 is 20.9 Å². The first-order valence-electron chi connectivity index (χ1n) is 12.2. The largest absolute Gasteiger partial charge is 0.370 e. The molecule has 2 aliphatic heterocycles. The van der Waals surface area contributed by atoms with E-state index < -0.39 is 4.92 Å². The number of anilines is 2. The minimum atomic E-state index is -0.406. The van der Waals surface area contributed by atoms with Crippen molar-refractivity contribution in [1.82, 2.24) is 15.6 Å². The lowest BCUT2D eigenvalue weighted by Crippen LogP contribution is -2.50. The highest BCUT2D eigenvalue weighted by molar-refractivity contribution is 5.58. The molecule has 0 spiro atoms. The number of hydrogen-bond donors (Lipinski definition) is 3. The summed E-state index contributed by atoms with van der Waals surface area (Å²) in [4.78, 5) is 17.4. The Morgan fingerprint density at radius 2 is 1.94 bits per heavy atom. The second kappa shape index (κ2) is 9.70. The Bertz CT molecular complexity index is 1150. The van der Waals surface area contributed by atoms with Crippen LogP contribution in [0.25, 0.3) is 0 Å². The smallest absolute Gasteiger partial charge is 0.287 e. The third-order valence-electron chi connectivity index (χ3n) is 6.65. The number of nitro groups is 1. The number of nitrogens with one attached hydrogen (secondary N) is 3. The van der Waals surface area contributed by atoms with Gasteiger partial charge in [-0.3, -0.25) is 15.4 Å². The Hall–Kier alpha value is -3.39. The molecule has 8 nitrogen and oxygen atoms in total. The molecule has 3 heterocycles. The lowest BCUT2D eigenvalue weighted by molar-refractivity contribution is -0.385. The van der Waals surface area contributed by atoms with Gasteiger partial charge in [0.15, 0.2) is 0 Å². The molecule has 0 bridgehead atoms. The van der Waals surface area contributed by atoms with Crippen LogP contribution in [0.15, 0.2) is 60.1 Å². The number of rotatable bonds is 5. The molecule has 2 atom stereocenters. The molecule has 0 radical (unpaired) electrons. The molecule has 0 saturated carbocycles. The molecule has 1 aromatic heterocycles. The van der Waals surface area contributed by atoms with Crippen molar-refractivity contribution in [2.24, 2.45) is 5.92 Å². The Balaban J connectivity index is 1.68. The van der Waals surface area contributed by atoms with Crippen LogP contribution >= 0.6 is 0 Å². The van der Waals surface area contributed by atoms with Crippen molar-refractivity contribution >= 4 is 17.2 Å². The second-order valence-electron chi connectivity index (χ2n) is 10.8. The summed E-state index contributed by atoms with van der Waals surface area (Å²) in [6.07, 6.45) is 6.30. The van der Waals surface area contributed by atoms with E-state index in [1.807, 2.05) is 13.1 Å². The van der Waals surface area contributed by atoms with Gasteiger partial charge in [-0.15, -0.1) is 0 Å². The molecule has 8 heteroatoms. The molecule has 0 fully saturated rings. The first-order valence-corrected chi connectivity index (χ1v) is 12.2. The summed E-state index contributed by atoms with van der Waals surface area (Å²) in [7, 11) is 0. The van der Waals surface area contributed by atoms with E-state index in [1.165, 1.54) is 17.3 Å². The van der Waals surface area contributed by atoms with Crippen molar-refractivity contribution in [3.63, 3.8) is 0 Å². The highest BCUT2D eigenvalue weighted by atomic mass is 16.6. The normalized spacial score (nSPS) is 20.4. The maximum absolute atomic E-state index is 11.3. The summed E-state index contributed by atoms with van der Waals surface area (Å²) < 4.78 is 0. The zero-order chi connectivity index (χ0) is 25.3. The van der Waals surface area contributed by atoms with Crippen molar-refractivity contribution < 1.29 is 4.92 Å². The van der Waals surface area contributed by atoms with E-state index in [9.17, 15) is 10.1 Å². The summed E-state index contributed by atoms with van der Waals surface area (Å²) in [6, 6.07) is 10.1. The van der Waals surface area contributed by atoms with Gasteiger partial charge in [-0.05, 0) is 53.2 Å². The van der Waals surface area contributed by atoms with Gasteiger partial charge in [0.1, 0.15) is 18.2 Å². The Labute approximate surface area is 207 Å². The summed E-state index contributed by atoms with van der Waals surface area (Å²) in [6.45, 7) is 13.7. The first kappa shape index (κ1) is 24.7. The molecule has 1 aromatic carbocycles. The van der Waals surface area contributed by atoms with Crippen LogP contribution in [0.2, 0.25) is 0 Å². The molecular formula is C27H36N6O2. The van der Waals surface area contributed by atoms with Crippen LogP contribution in [-0.2, 0) is 5.41 Å². The van der Waals surface area contributed by atoms with Gasteiger partial charge < -0.3 is 15.5 Å². The number of aryl methyl sites for hydroxylation is 1. The monoisotopic (exact) mass is 476 g/mol. The van der Waals surface area contributed by atoms with Crippen LogP contribution in [0.5, 0.6) is 0 Å². The molecule has 3 N–H and O–H groups in total. The van der Waals surface area contributed by atoms with Crippen molar-refractivity contribution in [1.29, 1.82) is 0 Å². The number of allylic oxidation sites excluding steroid dienone is 1. The fraction of sp³-hybridized carbons (Fsp3) is 0.444. The van der Waals surface area contributed by atoms with E-state index in [1.54, 1.807) is 6.07 Å². The van der Waals surface area contributed by atoms with E-state index in [4.69, 9.17) is 0 Å². The molecule has 2 aliphatic rings. The Morgan fingerprint density at radius 3 is 2.54 bits per heavy atom. The summed E-state index contributed by atoms with van der Waals surface area (Å²) in [5.74, 6) is 1.15. The summed E-state index contributed by atoms with van der Waals surface area (Å²) >= 11 is 0. The average molecular weight is 477 g/mol. The number of nitrogens with zero attached hydrogens (tertiary/aromatic N) is 3. The van der Waals surface area contributed by atoms with E-state index in [0.29, 0.717) is 11.7 Å². The van der Waals surface area contributed by atoms with Crippen molar-refractivity contribution in [2.45, 2.75) is 65.7 Å². The molecule has 2 unspecified atom stereocenters. The zero-order valence-corrected chi connectivity index (χ0v) is 21.4. The van der Waals surface area contributed by atoms with Gasteiger partial charge in [0.05, 0.1) is 11.1 Å². The molecular weight excluding hydrogens is 440 g/mol. The predicted molar refractivity (Wildman–Crippen MR) is 141 cm³/mol. The van der Waals surface area contributed by atoms with Gasteiger partial charge in [0, 0.05) is 36.6 Å². The zero-order valence-electron chi connectivity index (χ0n) is 21.4. The fourth-order valence-corrected chi connectivity index (χ4v) is 4.51. The number of aromatic nitrogens is 1. The fourth-order valence-electron chi connectivity index (χ4n) is 4.51. The molecule has 35 heavy (non-hydrogen) atoms. The third-order valence-corrected chi connectivity index (χ3v) is 6.65. The Kier molecular flexibility index (Phi) is 6.85. The first-order chi connectivity index (χ1) is 16.5. The van der Waals surface area contributed by atoms with E-state index >= 15 is 0 Å². The number of pyridine rings is 1. The van der Waals surface area contributed by atoms with Crippen molar-refractivity contribution in [3.05, 3.63) is 81.3 Å². The number of benzene rings is 1. The molecule has 0 saturated heterocycles. The topological polar surface area (TPSA) is 95.4 Å². The number of hydrogen-bond acceptors (Lipinski definition) is 7. The molecule has 4 rings (SSSR count). The van der Waals surface area contributed by atoms with Gasteiger partial charge in [-0.25, -0.2) is 4.98 Å². The molecule has 0 amide bonds. The van der Waals surface area contributed by atoms with Crippen LogP contribution in [0.4, 0.5) is 17.2 Å². The highest BCUT2D eigenvalue weighted by Gasteiger charge is 2.29. The maximum Gasteiger partial charge on any atom is 0.287 e. The maximum atomic E-state index is 11.3. The lowest BCUT2D eigenvalue weighted by Gasteiger charge is -2.34. The van der Waals surface area contributed by atoms with E-state index in [0.717, 1.165) is 29.9 Å². The van der Waals surface area contributed by atoms with Crippen molar-refractivity contribution in [2.75, 3.05) is 16.8 Å². The minimum Gasteiger partial charge on any atom is -0.370 e. The van der Waals surface area contributed by atoms with Gasteiger partial charge in [0.2, 0.25) is 0 Å². The van der Waals surface area contributed by atoms with Gasteiger partial charge in [0.25, 0.3) is 5.69 Å². The third kappa shape index (κ3) is 5.48. The predicted octanol–water partition coefficient (Wildman–Crippen LogP) is 5.19. The van der Waals surface area contributed by atoms with Gasteiger partial charge in [-0.1, -0.05) is 46.8 Å². The highest BCUT2D eigenvalue weighted by Crippen LogP contribution is 2.31. The molecule has 0 aliphatic carbocycles. The van der Waals surface area contributed by atoms with E-state index in [2.05, 4.69) is 90.8 Å². The van der Waals surface area contributed by atoms with Crippen LogP contribution in [-0.4, -0.2) is 28.8 Å². The SMILES string of the molecule is Cc1cc([N+](=O)[O-])cnc1N1C=CC2=C(CNC(C(C)C)N2)CC1Nc1ccc(C(C)(C)C)cc1. The molecule has 186 valence electrons. The van der Waals surface area contributed by atoms with Crippen LogP contribution in [0, 0.1) is 23.0 Å². The summed E-state index contributed by atoms with van der Waals surface area (Å²) in [5, 5.41) is 22.2. The second-order valence-corrected chi connectivity index (χ2v) is 10.8. The van der Waals surface area contributed by atoms with Crippen LogP contribution in [0.3, 0.4) is 0 Å². The van der Waals surface area contributed by atoms with Crippen molar-refractivity contribution in [3.8, 4) is 0 Å².